The van der Waals surface area contributed by atoms with Crippen molar-refractivity contribution in [2.75, 3.05) is 47.5 Å². The molecule has 0 amide bonds. The van der Waals surface area contributed by atoms with Gasteiger partial charge in [-0.2, -0.15) is 0 Å². The molecule has 0 bridgehead atoms. The Labute approximate surface area is 478 Å². The summed E-state index contributed by atoms with van der Waals surface area (Å²) in [5, 5.41) is 11.8. The summed E-state index contributed by atoms with van der Waals surface area (Å²) < 4.78 is 22.7. The third kappa shape index (κ3) is 59.4. The number of unbranched alkanes of at least 4 members (excludes halogenated alkanes) is 21. The van der Waals surface area contributed by atoms with E-state index in [0.29, 0.717) is 17.4 Å². The van der Waals surface area contributed by atoms with Crippen LogP contribution in [-0.2, 0) is 33.3 Å². The lowest BCUT2D eigenvalue weighted by Gasteiger charge is -2.26. The summed E-state index contributed by atoms with van der Waals surface area (Å²) in [6.45, 7) is 4.61. The highest BCUT2D eigenvalue weighted by Crippen LogP contribution is 2.15. The van der Waals surface area contributed by atoms with Crippen LogP contribution < -0.4 is 5.11 Å². The number of carboxylic acids is 1. The lowest BCUT2D eigenvalue weighted by Crippen LogP contribution is -2.44. The molecule has 0 aliphatic heterocycles. The molecule has 0 aliphatic carbocycles. The average molecular weight is 1090 g/mol. The minimum absolute atomic E-state index is 0.140. The first-order chi connectivity index (χ1) is 38.1. The Kier molecular flexibility index (Phi) is 55.6. The van der Waals surface area contributed by atoms with Gasteiger partial charge in [0.15, 0.2) is 12.4 Å². The number of rotatable bonds is 56. The highest BCUT2D eigenvalue weighted by atomic mass is 16.7. The van der Waals surface area contributed by atoms with E-state index in [1.165, 1.54) is 83.5 Å². The number of carbonyl (C=O) groups excluding carboxylic acids is 3. The molecule has 0 heterocycles. The first-order valence-corrected chi connectivity index (χ1v) is 31.2. The van der Waals surface area contributed by atoms with Crippen molar-refractivity contribution in [3.63, 3.8) is 0 Å². The predicted octanol–water partition coefficient (Wildman–Crippen LogP) is 17.5. The zero-order valence-electron chi connectivity index (χ0n) is 50.5. The number of carboxylic acid groups (broad SMARTS) is 1. The molecule has 0 fully saturated rings. The van der Waals surface area contributed by atoms with E-state index >= 15 is 0 Å². The van der Waals surface area contributed by atoms with E-state index in [0.717, 1.165) is 122 Å². The summed E-state index contributed by atoms with van der Waals surface area (Å²) in [4.78, 5) is 37.3. The molecule has 2 atom stereocenters. The van der Waals surface area contributed by atoms with Gasteiger partial charge in [0.25, 0.3) is 0 Å². The van der Waals surface area contributed by atoms with Gasteiger partial charge >= 0.3 is 11.9 Å². The smallest absolute Gasteiger partial charge is 0.306 e. The van der Waals surface area contributed by atoms with Crippen molar-refractivity contribution >= 4 is 17.9 Å². The Balaban J connectivity index is 4.20. The van der Waals surface area contributed by atoms with Crippen LogP contribution in [0.25, 0.3) is 0 Å². The number of aliphatic carboxylic acids is 1. The Morgan fingerprint density at radius 2 is 0.731 bits per heavy atom. The summed E-state index contributed by atoms with van der Waals surface area (Å²) in [7, 11) is 5.91. The van der Waals surface area contributed by atoms with Crippen LogP contribution in [0.5, 0.6) is 0 Å². The van der Waals surface area contributed by atoms with Crippen LogP contribution in [0.2, 0.25) is 0 Å². The third-order valence-corrected chi connectivity index (χ3v) is 12.9. The van der Waals surface area contributed by atoms with Gasteiger partial charge in [0, 0.05) is 12.8 Å². The Morgan fingerprint density at radius 1 is 0.397 bits per heavy atom. The lowest BCUT2D eigenvalue weighted by molar-refractivity contribution is -0.870. The molecular weight excluding hydrogens is 971 g/mol. The second-order valence-corrected chi connectivity index (χ2v) is 21.6. The zero-order valence-corrected chi connectivity index (χ0v) is 50.5. The van der Waals surface area contributed by atoms with Gasteiger partial charge in [0.2, 0.25) is 0 Å². The summed E-state index contributed by atoms with van der Waals surface area (Å²) in [5.41, 5.74) is 0. The molecule has 0 saturated heterocycles. The summed E-state index contributed by atoms with van der Waals surface area (Å²) in [6, 6.07) is 0. The van der Waals surface area contributed by atoms with Crippen molar-refractivity contribution in [2.24, 2.45) is 0 Å². The van der Waals surface area contributed by atoms with E-state index in [9.17, 15) is 19.5 Å². The second kappa shape index (κ2) is 58.8. The molecule has 0 spiro atoms. The number of hydrogen-bond donors (Lipinski definition) is 0. The Bertz CT molecular complexity index is 1690. The third-order valence-electron chi connectivity index (χ3n) is 12.9. The quantitative estimate of drug-likeness (QED) is 0.0195. The van der Waals surface area contributed by atoms with E-state index in [-0.39, 0.29) is 38.6 Å². The van der Waals surface area contributed by atoms with Crippen LogP contribution >= 0.6 is 0 Å². The molecule has 0 aliphatic rings. The van der Waals surface area contributed by atoms with Gasteiger partial charge < -0.3 is 33.3 Å². The van der Waals surface area contributed by atoms with Gasteiger partial charge in [-0.05, 0) is 109 Å². The standard InChI is InChI=1S/C69H115NO8/c1-6-8-10-12-14-16-18-20-22-24-25-26-27-28-29-30-31-32-33-34-35-36-37-38-39-40-41-42-43-44-46-48-50-52-54-56-58-60-67(72)78-65(64-77-69(68(73)74)75-62-61-70(3,4)5)63-76-66(71)59-57-55-53-51-49-47-45-23-21-19-17-15-13-11-9-7-2/h8,10,14,16,20,22-23,25-26,28-29,31-32,34-35,37-38,40-41,45,65,69H,6-7,9,11-13,15,17-19,21,24,27,30,33,36,39,42-44,46-64H2,1-5H3/b10-8-,16-14-,22-20-,26-25-,29-28-,32-31-,35-34-,38-37-,41-40-,45-23-. The molecule has 78 heavy (non-hydrogen) atoms. The van der Waals surface area contributed by atoms with Crippen LogP contribution in [0.3, 0.4) is 0 Å². The van der Waals surface area contributed by atoms with Gasteiger partial charge in [-0.1, -0.05) is 238 Å². The highest BCUT2D eigenvalue weighted by Gasteiger charge is 2.22. The molecule has 0 aromatic carbocycles. The van der Waals surface area contributed by atoms with Gasteiger partial charge in [0.1, 0.15) is 13.2 Å². The lowest BCUT2D eigenvalue weighted by atomic mass is 10.1. The van der Waals surface area contributed by atoms with E-state index in [2.05, 4.69) is 135 Å². The molecule has 0 radical (unpaired) electrons. The molecule has 444 valence electrons. The van der Waals surface area contributed by atoms with Crippen LogP contribution in [0.1, 0.15) is 239 Å². The number of esters is 2. The molecule has 0 aromatic heterocycles. The average Bonchev–Trinajstić information content (AvgIpc) is 3.41. The molecule has 0 rings (SSSR count). The molecule has 2 unspecified atom stereocenters. The zero-order chi connectivity index (χ0) is 56.9. The Morgan fingerprint density at radius 3 is 1.10 bits per heavy atom. The van der Waals surface area contributed by atoms with Gasteiger partial charge in [-0.15, -0.1) is 0 Å². The minimum Gasteiger partial charge on any atom is -0.545 e. The second-order valence-electron chi connectivity index (χ2n) is 21.6. The fourth-order valence-corrected chi connectivity index (χ4v) is 8.17. The molecule has 9 heteroatoms. The number of nitrogens with zero attached hydrogens (tertiary/aromatic N) is 1. The van der Waals surface area contributed by atoms with Crippen LogP contribution in [0.15, 0.2) is 122 Å². The van der Waals surface area contributed by atoms with Gasteiger partial charge in [0.05, 0.1) is 40.3 Å². The van der Waals surface area contributed by atoms with Crippen molar-refractivity contribution in [3.05, 3.63) is 122 Å². The Hall–Kier alpha value is -4.31. The van der Waals surface area contributed by atoms with Crippen LogP contribution in [0, 0.1) is 0 Å². The maximum Gasteiger partial charge on any atom is 0.306 e. The first-order valence-electron chi connectivity index (χ1n) is 31.2. The maximum atomic E-state index is 12.9. The summed E-state index contributed by atoms with van der Waals surface area (Å²) >= 11 is 0. The van der Waals surface area contributed by atoms with Crippen molar-refractivity contribution in [1.82, 2.24) is 0 Å². The van der Waals surface area contributed by atoms with Crippen molar-refractivity contribution in [3.8, 4) is 0 Å². The molecule has 0 saturated carbocycles. The maximum absolute atomic E-state index is 12.9. The minimum atomic E-state index is -1.63. The van der Waals surface area contributed by atoms with Crippen molar-refractivity contribution in [1.29, 1.82) is 0 Å². The van der Waals surface area contributed by atoms with Crippen LogP contribution in [0.4, 0.5) is 0 Å². The summed E-state index contributed by atoms with van der Waals surface area (Å²) in [5.74, 6) is -2.31. The molecular formula is C69H115NO8. The van der Waals surface area contributed by atoms with Crippen molar-refractivity contribution in [2.45, 2.75) is 251 Å². The number of hydrogen-bond acceptors (Lipinski definition) is 8. The number of carbonyl (C=O) groups is 3. The molecule has 0 aromatic rings. The fraction of sp³-hybridized carbons (Fsp3) is 0.667. The van der Waals surface area contributed by atoms with Gasteiger partial charge in [-0.25, -0.2) is 0 Å². The SMILES string of the molecule is CC/C=C\C/C=C\C/C=C\C/C=C\C/C=C\C/C=C\C/C=C\C/C=C\C/C=C\CCCCCCCCCCCC(=O)OC(COC(=O)CCCCCCC/C=C\CCCCCCCCC)COC(OCC[N+](C)(C)C)C(=O)[O-]. The number of allylic oxidation sites excluding steroid dienone is 20. The number of likely N-dealkylation sites (N-methyl/N-ethyl adjacent to an activating group) is 1. The highest BCUT2D eigenvalue weighted by molar-refractivity contribution is 5.70. The molecule has 9 nitrogen and oxygen atoms in total. The topological polar surface area (TPSA) is 111 Å². The fourth-order valence-electron chi connectivity index (χ4n) is 8.17. The van der Waals surface area contributed by atoms with Crippen molar-refractivity contribution < 1.29 is 42.9 Å². The molecule has 0 N–H and O–H groups in total. The van der Waals surface area contributed by atoms with E-state index in [4.69, 9.17) is 18.9 Å². The number of quaternary nitrogens is 1. The summed E-state index contributed by atoms with van der Waals surface area (Å²) in [6.07, 6.45) is 79.7. The normalized spacial score (nSPS) is 13.6. The van der Waals surface area contributed by atoms with E-state index in [1.54, 1.807) is 0 Å². The largest absolute Gasteiger partial charge is 0.545 e. The van der Waals surface area contributed by atoms with Crippen LogP contribution in [-0.4, -0.2) is 82.3 Å². The predicted molar refractivity (Wildman–Crippen MR) is 329 cm³/mol. The van der Waals surface area contributed by atoms with E-state index < -0.39 is 24.3 Å². The van der Waals surface area contributed by atoms with E-state index in [1.807, 2.05) is 21.1 Å². The first kappa shape index (κ1) is 73.7. The number of ether oxygens (including phenoxy) is 4. The van der Waals surface area contributed by atoms with Gasteiger partial charge in [-0.3, -0.25) is 9.59 Å². The monoisotopic (exact) mass is 1090 g/mol.